The van der Waals surface area contributed by atoms with Crippen LogP contribution in [0.25, 0.3) is 10.6 Å². The summed E-state index contributed by atoms with van der Waals surface area (Å²) in [6.45, 7) is 0. The molecular weight excluding hydrogens is 398 g/mol. The van der Waals surface area contributed by atoms with Gasteiger partial charge in [0.2, 0.25) is 0 Å². The number of carbonyl (C=O) groups is 1. The molecule has 1 aliphatic heterocycles. The lowest BCUT2D eigenvalue weighted by molar-refractivity contribution is 0.0942. The van der Waals surface area contributed by atoms with E-state index in [1.165, 1.54) is 25.7 Å². The zero-order chi connectivity index (χ0) is 20.1. The van der Waals surface area contributed by atoms with Gasteiger partial charge in [-0.05, 0) is 43.9 Å². The molecule has 6 rings (SSSR count). The number of hydrogen-bond donors (Lipinski definition) is 1. The maximum Gasteiger partial charge on any atom is 0.270 e. The van der Waals surface area contributed by atoms with Gasteiger partial charge >= 0.3 is 0 Å². The molecule has 0 radical (unpaired) electrons. The molecular formula is C21H21N7OS. The highest BCUT2D eigenvalue weighted by Crippen LogP contribution is 2.40. The third-order valence-corrected chi connectivity index (χ3v) is 6.85. The maximum absolute atomic E-state index is 12.8. The highest BCUT2D eigenvalue weighted by atomic mass is 32.2. The number of carbonyl (C=O) groups excluding carboxylic acids is 1. The molecule has 1 amide bonds. The van der Waals surface area contributed by atoms with E-state index in [0.29, 0.717) is 17.7 Å². The standard InChI is InChI=1S/C21H21N7OS/c29-21(17-8-16(5-6-22-17)27-9-18(23-11-27)13-1-2-13)25-14-7-19(30-10-14)20-26-24-12-28(20)15-3-4-15/h5-9,11-15H,1-4,10H2,(H,25,29). The van der Waals surface area contributed by atoms with Crippen molar-refractivity contribution in [3.8, 4) is 5.69 Å². The number of rotatable bonds is 6. The minimum atomic E-state index is -0.175. The van der Waals surface area contributed by atoms with Crippen LogP contribution in [0.5, 0.6) is 0 Å². The van der Waals surface area contributed by atoms with Crippen LogP contribution in [0.1, 0.15) is 59.6 Å². The van der Waals surface area contributed by atoms with E-state index < -0.39 is 0 Å². The van der Waals surface area contributed by atoms with E-state index in [1.807, 2.05) is 29.2 Å². The fourth-order valence-electron chi connectivity index (χ4n) is 3.74. The van der Waals surface area contributed by atoms with Crippen molar-refractivity contribution in [2.24, 2.45) is 0 Å². The number of imidazole rings is 1. The van der Waals surface area contributed by atoms with Crippen molar-refractivity contribution in [1.29, 1.82) is 0 Å². The van der Waals surface area contributed by atoms with Crippen LogP contribution in [0.3, 0.4) is 0 Å². The van der Waals surface area contributed by atoms with E-state index >= 15 is 0 Å². The summed E-state index contributed by atoms with van der Waals surface area (Å²) in [5.74, 6) is 2.12. The van der Waals surface area contributed by atoms with Crippen LogP contribution < -0.4 is 5.32 Å². The van der Waals surface area contributed by atoms with Gasteiger partial charge in [-0.3, -0.25) is 9.78 Å². The first kappa shape index (κ1) is 17.9. The van der Waals surface area contributed by atoms with E-state index in [1.54, 1.807) is 24.3 Å². The number of nitrogens with zero attached hydrogens (tertiary/aromatic N) is 6. The number of thioether (sulfide) groups is 1. The lowest BCUT2D eigenvalue weighted by Crippen LogP contribution is -2.34. The van der Waals surface area contributed by atoms with Gasteiger partial charge < -0.3 is 14.5 Å². The van der Waals surface area contributed by atoms with Crippen LogP contribution in [-0.4, -0.2) is 47.0 Å². The minimum absolute atomic E-state index is 0.0537. The van der Waals surface area contributed by atoms with Crippen molar-refractivity contribution in [2.45, 2.75) is 43.7 Å². The number of aromatic nitrogens is 6. The van der Waals surface area contributed by atoms with E-state index in [2.05, 4.69) is 36.1 Å². The SMILES string of the molecule is O=C(NC1C=C(c2nncn2C2CC2)SC1)c1cc(-n2cnc(C3CC3)c2)ccn1. The van der Waals surface area contributed by atoms with E-state index in [0.717, 1.165) is 27.9 Å². The second-order valence-corrected chi connectivity index (χ2v) is 9.16. The molecule has 152 valence electrons. The first-order chi connectivity index (χ1) is 14.7. The molecule has 1 unspecified atom stereocenters. The van der Waals surface area contributed by atoms with Gasteiger partial charge in [-0.25, -0.2) is 4.98 Å². The molecule has 3 aromatic rings. The smallest absolute Gasteiger partial charge is 0.270 e. The Hall–Kier alpha value is -2.94. The summed E-state index contributed by atoms with van der Waals surface area (Å²) >= 11 is 1.71. The summed E-state index contributed by atoms with van der Waals surface area (Å²) in [5.41, 5.74) is 2.42. The number of hydrogen-bond acceptors (Lipinski definition) is 6. The molecule has 30 heavy (non-hydrogen) atoms. The highest BCUT2D eigenvalue weighted by Gasteiger charge is 2.30. The average molecular weight is 420 g/mol. The predicted octanol–water partition coefficient (Wildman–Crippen LogP) is 2.96. The molecule has 2 saturated carbocycles. The molecule has 2 aliphatic carbocycles. The van der Waals surface area contributed by atoms with Crippen molar-refractivity contribution in [1.82, 2.24) is 34.6 Å². The molecule has 8 nitrogen and oxygen atoms in total. The van der Waals surface area contributed by atoms with Crippen LogP contribution in [0.2, 0.25) is 0 Å². The molecule has 1 N–H and O–H groups in total. The molecule has 0 bridgehead atoms. The molecule has 2 fully saturated rings. The lowest BCUT2D eigenvalue weighted by atomic mass is 10.2. The van der Waals surface area contributed by atoms with Crippen molar-refractivity contribution in [2.75, 3.05) is 5.75 Å². The second-order valence-electron chi connectivity index (χ2n) is 8.09. The number of amides is 1. The normalized spacial score (nSPS) is 20.9. The van der Waals surface area contributed by atoms with Crippen LogP contribution in [-0.2, 0) is 0 Å². The molecule has 0 spiro atoms. The van der Waals surface area contributed by atoms with Gasteiger partial charge in [-0.2, -0.15) is 0 Å². The molecule has 0 saturated heterocycles. The largest absolute Gasteiger partial charge is 0.344 e. The number of pyridine rings is 1. The Morgan fingerprint density at radius 2 is 2.07 bits per heavy atom. The van der Waals surface area contributed by atoms with Crippen LogP contribution in [0, 0.1) is 0 Å². The first-order valence-electron chi connectivity index (χ1n) is 10.3. The van der Waals surface area contributed by atoms with E-state index in [9.17, 15) is 4.79 Å². The van der Waals surface area contributed by atoms with Gasteiger partial charge in [-0.15, -0.1) is 22.0 Å². The monoisotopic (exact) mass is 419 g/mol. The van der Waals surface area contributed by atoms with Gasteiger partial charge in [-0.1, -0.05) is 0 Å². The van der Waals surface area contributed by atoms with Crippen molar-refractivity contribution < 1.29 is 4.79 Å². The quantitative estimate of drug-likeness (QED) is 0.661. The fraction of sp³-hybridized carbons (Fsp3) is 0.381. The Labute approximate surface area is 177 Å². The Balaban J connectivity index is 1.17. The minimum Gasteiger partial charge on any atom is -0.344 e. The van der Waals surface area contributed by atoms with Crippen molar-refractivity contribution in [3.63, 3.8) is 0 Å². The zero-order valence-electron chi connectivity index (χ0n) is 16.3. The van der Waals surface area contributed by atoms with Crippen LogP contribution in [0.4, 0.5) is 0 Å². The van der Waals surface area contributed by atoms with Crippen LogP contribution >= 0.6 is 11.8 Å². The molecule has 3 aromatic heterocycles. The van der Waals surface area contributed by atoms with Crippen LogP contribution in [0.15, 0.2) is 43.3 Å². The van der Waals surface area contributed by atoms with Crippen molar-refractivity contribution >= 4 is 22.6 Å². The Bertz CT molecular complexity index is 1140. The second kappa shape index (κ2) is 7.09. The summed E-state index contributed by atoms with van der Waals surface area (Å²) in [4.78, 5) is 22.7. The summed E-state index contributed by atoms with van der Waals surface area (Å²) < 4.78 is 4.11. The summed E-state index contributed by atoms with van der Waals surface area (Å²) in [5, 5.41) is 11.4. The van der Waals surface area contributed by atoms with Gasteiger partial charge in [0.05, 0.1) is 28.7 Å². The third kappa shape index (κ3) is 3.43. The van der Waals surface area contributed by atoms with Gasteiger partial charge in [0, 0.05) is 30.1 Å². The molecule has 9 heteroatoms. The van der Waals surface area contributed by atoms with E-state index in [-0.39, 0.29) is 11.9 Å². The average Bonchev–Trinajstić information content (AvgIpc) is 3.64. The van der Waals surface area contributed by atoms with Gasteiger partial charge in [0.15, 0.2) is 5.82 Å². The molecule has 4 heterocycles. The molecule has 1 atom stereocenters. The topological polar surface area (TPSA) is 90.5 Å². The summed E-state index contributed by atoms with van der Waals surface area (Å²) in [7, 11) is 0. The lowest BCUT2D eigenvalue weighted by Gasteiger charge is -2.10. The van der Waals surface area contributed by atoms with Gasteiger partial charge in [0.25, 0.3) is 5.91 Å². The fourth-order valence-corrected chi connectivity index (χ4v) is 4.81. The third-order valence-electron chi connectivity index (χ3n) is 5.69. The van der Waals surface area contributed by atoms with E-state index in [4.69, 9.17) is 0 Å². The number of nitrogens with one attached hydrogen (secondary N) is 1. The van der Waals surface area contributed by atoms with Gasteiger partial charge in [0.1, 0.15) is 12.0 Å². The molecule has 3 aliphatic rings. The zero-order valence-corrected chi connectivity index (χ0v) is 17.1. The maximum atomic E-state index is 12.8. The Kier molecular flexibility index (Phi) is 4.22. The predicted molar refractivity (Wildman–Crippen MR) is 113 cm³/mol. The first-order valence-corrected chi connectivity index (χ1v) is 11.3. The van der Waals surface area contributed by atoms with Crippen molar-refractivity contribution in [3.05, 3.63) is 60.5 Å². The highest BCUT2D eigenvalue weighted by molar-refractivity contribution is 8.08. The summed E-state index contributed by atoms with van der Waals surface area (Å²) in [6.07, 6.45) is 14.2. The Morgan fingerprint density at radius 1 is 1.17 bits per heavy atom. The Morgan fingerprint density at radius 3 is 2.90 bits per heavy atom. The summed E-state index contributed by atoms with van der Waals surface area (Å²) in [6, 6.07) is 4.18. The molecule has 0 aromatic carbocycles.